The Kier molecular flexibility index (Phi) is 5.17. The molecule has 0 unspecified atom stereocenters. The fourth-order valence-electron chi connectivity index (χ4n) is 3.33. The van der Waals surface area contributed by atoms with Gasteiger partial charge in [-0.2, -0.15) is 5.10 Å². The molecule has 0 bridgehead atoms. The third-order valence-electron chi connectivity index (χ3n) is 4.84. The molecule has 0 aromatic carbocycles. The number of anilines is 2. The van der Waals surface area contributed by atoms with Crippen LogP contribution in [0.25, 0.3) is 0 Å². The van der Waals surface area contributed by atoms with E-state index < -0.39 is 10.0 Å². The van der Waals surface area contributed by atoms with E-state index in [1.165, 1.54) is 12.4 Å². The van der Waals surface area contributed by atoms with E-state index in [9.17, 15) is 8.42 Å². The Morgan fingerprint density at radius 3 is 2.35 bits per heavy atom. The van der Waals surface area contributed by atoms with E-state index in [1.807, 2.05) is 6.92 Å². The molecular weight excluding hydrogens is 352 g/mol. The van der Waals surface area contributed by atoms with E-state index in [4.69, 9.17) is 0 Å². The molecule has 8 nitrogen and oxygen atoms in total. The molecule has 142 valence electrons. The number of aryl methyl sites for hydroxylation is 2. The molecule has 0 saturated carbocycles. The highest BCUT2D eigenvalue weighted by molar-refractivity contribution is 7.92. The van der Waals surface area contributed by atoms with Crippen LogP contribution in [0.1, 0.15) is 38.1 Å². The van der Waals surface area contributed by atoms with Crippen molar-refractivity contribution in [2.45, 2.75) is 52.0 Å². The zero-order valence-electron chi connectivity index (χ0n) is 15.7. The van der Waals surface area contributed by atoms with Gasteiger partial charge in [0.15, 0.2) is 0 Å². The van der Waals surface area contributed by atoms with Crippen LogP contribution in [0.3, 0.4) is 0 Å². The van der Waals surface area contributed by atoms with E-state index in [0.717, 1.165) is 31.8 Å². The minimum absolute atomic E-state index is 0.216. The van der Waals surface area contributed by atoms with Gasteiger partial charge in [0.05, 0.1) is 29.5 Å². The molecule has 0 amide bonds. The van der Waals surface area contributed by atoms with Crippen LogP contribution < -0.4 is 9.62 Å². The van der Waals surface area contributed by atoms with Crippen LogP contribution in [-0.2, 0) is 16.6 Å². The van der Waals surface area contributed by atoms with E-state index >= 15 is 0 Å². The molecular formula is C17H26N6O2S. The van der Waals surface area contributed by atoms with Crippen molar-refractivity contribution in [1.82, 2.24) is 19.7 Å². The molecule has 0 aliphatic carbocycles. The Morgan fingerprint density at radius 1 is 1.19 bits per heavy atom. The first-order chi connectivity index (χ1) is 12.3. The third kappa shape index (κ3) is 3.67. The molecule has 9 heteroatoms. The average Bonchev–Trinajstić information content (AvgIpc) is 2.90. The van der Waals surface area contributed by atoms with Crippen molar-refractivity contribution in [1.29, 1.82) is 0 Å². The van der Waals surface area contributed by atoms with Gasteiger partial charge in [-0.1, -0.05) is 6.92 Å². The smallest absolute Gasteiger partial charge is 0.265 e. The van der Waals surface area contributed by atoms with Crippen molar-refractivity contribution in [3.63, 3.8) is 0 Å². The Balaban J connectivity index is 1.77. The number of hydrogen-bond acceptors (Lipinski definition) is 6. The number of nitrogens with zero attached hydrogens (tertiary/aromatic N) is 5. The van der Waals surface area contributed by atoms with Gasteiger partial charge in [-0.05, 0) is 39.5 Å². The topological polar surface area (TPSA) is 93.0 Å². The predicted octanol–water partition coefficient (Wildman–Crippen LogP) is 2.35. The van der Waals surface area contributed by atoms with E-state index in [-0.39, 0.29) is 4.90 Å². The van der Waals surface area contributed by atoms with Crippen LogP contribution in [0.2, 0.25) is 0 Å². The number of piperidine rings is 1. The summed E-state index contributed by atoms with van der Waals surface area (Å²) in [5, 5.41) is 4.28. The molecule has 1 N–H and O–H groups in total. The van der Waals surface area contributed by atoms with Crippen LogP contribution in [0.5, 0.6) is 0 Å². The van der Waals surface area contributed by atoms with Gasteiger partial charge in [0, 0.05) is 19.6 Å². The molecule has 1 fully saturated rings. The molecule has 1 saturated heterocycles. The van der Waals surface area contributed by atoms with Gasteiger partial charge in [-0.25, -0.2) is 18.4 Å². The van der Waals surface area contributed by atoms with Crippen molar-refractivity contribution in [3.8, 4) is 0 Å². The first-order valence-electron chi connectivity index (χ1n) is 8.95. The Hall–Kier alpha value is -2.16. The molecule has 3 rings (SSSR count). The zero-order chi connectivity index (χ0) is 18.9. The quantitative estimate of drug-likeness (QED) is 0.858. The van der Waals surface area contributed by atoms with Gasteiger partial charge < -0.3 is 4.90 Å². The summed E-state index contributed by atoms with van der Waals surface area (Å²) in [5.74, 6) is 1.37. The Morgan fingerprint density at radius 2 is 1.81 bits per heavy atom. The number of sulfonamides is 1. The van der Waals surface area contributed by atoms with Crippen molar-refractivity contribution in [2.75, 3.05) is 22.7 Å². The fraction of sp³-hybridized carbons (Fsp3) is 0.588. The molecule has 3 heterocycles. The van der Waals surface area contributed by atoms with Gasteiger partial charge in [-0.15, -0.1) is 0 Å². The largest absolute Gasteiger partial charge is 0.341 e. The van der Waals surface area contributed by atoms with Gasteiger partial charge in [0.1, 0.15) is 4.90 Å². The zero-order valence-corrected chi connectivity index (χ0v) is 16.5. The summed E-state index contributed by atoms with van der Waals surface area (Å²) < 4.78 is 29.8. The SMILES string of the molecule is CCn1nc(C)c(S(=O)(=O)Nc2cnc(N3CCC(C)CC3)nc2)c1C. The lowest BCUT2D eigenvalue weighted by Crippen LogP contribution is -2.34. The minimum atomic E-state index is -3.74. The molecule has 1 aliphatic heterocycles. The summed E-state index contributed by atoms with van der Waals surface area (Å²) >= 11 is 0. The van der Waals surface area contributed by atoms with E-state index in [2.05, 4.69) is 31.6 Å². The lowest BCUT2D eigenvalue weighted by atomic mass is 10.00. The second-order valence-corrected chi connectivity index (χ2v) is 8.48. The Labute approximate surface area is 154 Å². The number of rotatable bonds is 5. The number of nitrogens with one attached hydrogen (secondary N) is 1. The highest BCUT2D eigenvalue weighted by Gasteiger charge is 2.25. The summed E-state index contributed by atoms with van der Waals surface area (Å²) in [6.07, 6.45) is 5.29. The van der Waals surface area contributed by atoms with Gasteiger partial charge >= 0.3 is 0 Å². The first-order valence-corrected chi connectivity index (χ1v) is 10.4. The van der Waals surface area contributed by atoms with Crippen molar-refractivity contribution in [2.24, 2.45) is 5.92 Å². The normalized spacial score (nSPS) is 16.1. The summed E-state index contributed by atoms with van der Waals surface area (Å²) in [4.78, 5) is 11.0. The standard InChI is InChI=1S/C17H26N6O2S/c1-5-23-14(4)16(13(3)20-23)26(24,25)21-15-10-18-17(19-11-15)22-8-6-12(2)7-9-22/h10-12,21H,5-9H2,1-4H3. The average molecular weight is 379 g/mol. The predicted molar refractivity (Wildman–Crippen MR) is 101 cm³/mol. The maximum absolute atomic E-state index is 12.8. The monoisotopic (exact) mass is 378 g/mol. The lowest BCUT2D eigenvalue weighted by molar-refractivity contribution is 0.434. The lowest BCUT2D eigenvalue weighted by Gasteiger charge is -2.30. The van der Waals surface area contributed by atoms with Crippen molar-refractivity contribution >= 4 is 21.7 Å². The van der Waals surface area contributed by atoms with Gasteiger partial charge in [0.25, 0.3) is 10.0 Å². The summed E-state index contributed by atoms with van der Waals surface area (Å²) in [5.41, 5.74) is 1.46. The summed E-state index contributed by atoms with van der Waals surface area (Å²) in [6, 6.07) is 0. The summed E-state index contributed by atoms with van der Waals surface area (Å²) in [7, 11) is -3.74. The second kappa shape index (κ2) is 7.22. The molecule has 26 heavy (non-hydrogen) atoms. The summed E-state index contributed by atoms with van der Waals surface area (Å²) in [6.45, 7) is 10.1. The van der Waals surface area contributed by atoms with Crippen molar-refractivity contribution < 1.29 is 8.42 Å². The van der Waals surface area contributed by atoms with Crippen LogP contribution in [0.15, 0.2) is 17.3 Å². The van der Waals surface area contributed by atoms with Gasteiger partial charge in [0.2, 0.25) is 5.95 Å². The minimum Gasteiger partial charge on any atom is -0.341 e. The number of aromatic nitrogens is 4. The maximum Gasteiger partial charge on any atom is 0.265 e. The maximum atomic E-state index is 12.8. The Bertz CT molecular complexity index is 867. The van der Waals surface area contributed by atoms with Crippen LogP contribution in [0.4, 0.5) is 11.6 Å². The highest BCUT2D eigenvalue weighted by Crippen LogP contribution is 2.23. The fourth-order valence-corrected chi connectivity index (χ4v) is 4.77. The van der Waals surface area contributed by atoms with Crippen LogP contribution >= 0.6 is 0 Å². The second-order valence-electron chi connectivity index (χ2n) is 6.86. The molecule has 2 aromatic rings. The molecule has 0 atom stereocenters. The molecule has 1 aliphatic rings. The van der Waals surface area contributed by atoms with E-state index in [0.29, 0.717) is 29.6 Å². The molecule has 0 spiro atoms. The number of hydrogen-bond donors (Lipinski definition) is 1. The molecule has 0 radical (unpaired) electrons. The van der Waals surface area contributed by atoms with Crippen LogP contribution in [0, 0.1) is 19.8 Å². The van der Waals surface area contributed by atoms with Crippen molar-refractivity contribution in [3.05, 3.63) is 23.8 Å². The molecule has 2 aromatic heterocycles. The third-order valence-corrected chi connectivity index (χ3v) is 6.47. The first kappa shape index (κ1) is 18.6. The van der Waals surface area contributed by atoms with E-state index in [1.54, 1.807) is 18.5 Å². The van der Waals surface area contributed by atoms with Gasteiger partial charge in [-0.3, -0.25) is 9.40 Å². The highest BCUT2D eigenvalue weighted by atomic mass is 32.2. The van der Waals surface area contributed by atoms with Crippen LogP contribution in [-0.4, -0.2) is 41.3 Å².